The number of benzene rings is 1. The van der Waals surface area contributed by atoms with Gasteiger partial charge in [-0.15, -0.1) is 0 Å². The van der Waals surface area contributed by atoms with Gasteiger partial charge < -0.3 is 19.5 Å². The molecule has 2 N–H and O–H groups in total. The van der Waals surface area contributed by atoms with Crippen molar-refractivity contribution in [1.29, 1.82) is 0 Å². The lowest BCUT2D eigenvalue weighted by atomic mass is 10.3. The molecule has 0 aliphatic carbocycles. The number of aliphatic hydroxyl groups is 1. The van der Waals surface area contributed by atoms with Gasteiger partial charge in [-0.25, -0.2) is 0 Å². The van der Waals surface area contributed by atoms with E-state index in [1.807, 2.05) is 30.3 Å². The molecule has 18 heavy (non-hydrogen) atoms. The summed E-state index contributed by atoms with van der Waals surface area (Å²) in [4.78, 5) is 0. The quantitative estimate of drug-likeness (QED) is 0.713. The lowest BCUT2D eigenvalue weighted by Crippen LogP contribution is -2.22. The third kappa shape index (κ3) is 4.42. The van der Waals surface area contributed by atoms with Crippen molar-refractivity contribution < 1.29 is 18.7 Å². The molecule has 0 aliphatic heterocycles. The molecular weight excluding hydrogens is 253 g/mol. The number of hydrogen-bond acceptors (Lipinski definition) is 5. The van der Waals surface area contributed by atoms with Crippen LogP contribution in [-0.2, 0) is 13.6 Å². The van der Waals surface area contributed by atoms with Gasteiger partial charge in [-0.05, 0) is 26.0 Å². The maximum atomic E-state index is 12.2. The summed E-state index contributed by atoms with van der Waals surface area (Å²) in [5.41, 5.74) is 0.844. The Labute approximate surface area is 108 Å². The van der Waals surface area contributed by atoms with Crippen molar-refractivity contribution in [3.05, 3.63) is 30.3 Å². The first-order valence-corrected chi connectivity index (χ1v) is 7.59. The first-order valence-electron chi connectivity index (χ1n) is 5.98. The molecule has 0 fully saturated rings. The van der Waals surface area contributed by atoms with Gasteiger partial charge in [-0.1, -0.05) is 18.2 Å². The van der Waals surface area contributed by atoms with Crippen molar-refractivity contribution in [2.75, 3.05) is 25.1 Å². The van der Waals surface area contributed by atoms with E-state index in [2.05, 4.69) is 5.32 Å². The molecule has 0 saturated heterocycles. The second kappa shape index (κ2) is 7.54. The van der Waals surface area contributed by atoms with E-state index in [1.165, 1.54) is 0 Å². The fourth-order valence-electron chi connectivity index (χ4n) is 1.45. The first-order chi connectivity index (χ1) is 8.62. The fourth-order valence-corrected chi connectivity index (χ4v) is 2.90. The Morgan fingerprint density at radius 1 is 1.22 bits per heavy atom. The van der Waals surface area contributed by atoms with E-state index in [4.69, 9.17) is 9.05 Å². The molecule has 1 unspecified atom stereocenters. The lowest BCUT2D eigenvalue weighted by molar-refractivity contribution is 0.155. The van der Waals surface area contributed by atoms with Gasteiger partial charge in [0.1, 0.15) is 0 Å². The van der Waals surface area contributed by atoms with Crippen molar-refractivity contribution in [3.63, 3.8) is 0 Å². The molecule has 6 heteroatoms. The van der Waals surface area contributed by atoms with Gasteiger partial charge in [-0.2, -0.15) is 0 Å². The molecule has 102 valence electrons. The van der Waals surface area contributed by atoms with Crippen LogP contribution in [0.3, 0.4) is 0 Å². The van der Waals surface area contributed by atoms with Crippen LogP contribution in [0.5, 0.6) is 0 Å². The third-order valence-corrected chi connectivity index (χ3v) is 4.39. The second-order valence-electron chi connectivity index (χ2n) is 3.60. The summed E-state index contributed by atoms with van der Waals surface area (Å²) in [5.74, 6) is -1.18. The van der Waals surface area contributed by atoms with E-state index >= 15 is 0 Å². The van der Waals surface area contributed by atoms with Crippen LogP contribution >= 0.6 is 7.60 Å². The summed E-state index contributed by atoms with van der Waals surface area (Å²) in [6.07, 6.45) is 0. The van der Waals surface area contributed by atoms with Gasteiger partial charge >= 0.3 is 7.60 Å². The van der Waals surface area contributed by atoms with Crippen molar-refractivity contribution in [3.8, 4) is 0 Å². The van der Waals surface area contributed by atoms with Gasteiger partial charge in [0, 0.05) is 5.69 Å². The van der Waals surface area contributed by atoms with E-state index in [1.54, 1.807) is 13.8 Å². The molecule has 1 rings (SSSR count). The summed E-state index contributed by atoms with van der Waals surface area (Å²) in [7, 11) is -3.45. The molecule has 5 nitrogen and oxygen atoms in total. The van der Waals surface area contributed by atoms with Crippen LogP contribution in [-0.4, -0.2) is 30.7 Å². The summed E-state index contributed by atoms with van der Waals surface area (Å²) < 4.78 is 22.3. The van der Waals surface area contributed by atoms with Crippen LogP contribution in [0.15, 0.2) is 30.3 Å². The number of para-hydroxylation sites is 1. The fraction of sp³-hybridized carbons (Fsp3) is 0.500. The predicted octanol–water partition coefficient (Wildman–Crippen LogP) is 2.68. The molecule has 1 atom stereocenters. The number of anilines is 1. The highest BCUT2D eigenvalue weighted by Gasteiger charge is 2.33. The Morgan fingerprint density at radius 3 is 2.28 bits per heavy atom. The van der Waals surface area contributed by atoms with Gasteiger partial charge in [0.05, 0.1) is 19.8 Å². The Morgan fingerprint density at radius 2 is 1.78 bits per heavy atom. The molecule has 0 aromatic heterocycles. The first kappa shape index (κ1) is 15.2. The zero-order chi connectivity index (χ0) is 13.4. The highest BCUT2D eigenvalue weighted by atomic mass is 31.2. The minimum Gasteiger partial charge on any atom is -0.382 e. The Hall–Kier alpha value is -0.870. The van der Waals surface area contributed by atoms with Crippen LogP contribution in [0.25, 0.3) is 0 Å². The topological polar surface area (TPSA) is 67.8 Å². The lowest BCUT2D eigenvalue weighted by Gasteiger charge is -2.22. The van der Waals surface area contributed by atoms with Gasteiger partial charge in [0.2, 0.25) is 0 Å². The summed E-state index contributed by atoms with van der Waals surface area (Å²) in [5, 5.41) is 12.9. The van der Waals surface area contributed by atoms with Crippen molar-refractivity contribution in [2.45, 2.75) is 19.7 Å². The van der Waals surface area contributed by atoms with Crippen molar-refractivity contribution in [1.82, 2.24) is 0 Å². The van der Waals surface area contributed by atoms with E-state index in [9.17, 15) is 9.67 Å². The molecule has 0 aliphatic rings. The second-order valence-corrected chi connectivity index (χ2v) is 5.80. The number of aliphatic hydroxyl groups excluding tert-OH is 1. The van der Waals surface area contributed by atoms with E-state index in [0.717, 1.165) is 5.69 Å². The Bertz CT molecular complexity index is 375. The van der Waals surface area contributed by atoms with Gasteiger partial charge in [0.15, 0.2) is 5.85 Å². The summed E-state index contributed by atoms with van der Waals surface area (Å²) >= 11 is 0. The zero-order valence-corrected chi connectivity index (χ0v) is 11.6. The van der Waals surface area contributed by atoms with E-state index < -0.39 is 13.4 Å². The van der Waals surface area contributed by atoms with E-state index in [-0.39, 0.29) is 19.8 Å². The van der Waals surface area contributed by atoms with Crippen molar-refractivity contribution >= 4 is 13.3 Å². The number of hydrogen-bond donors (Lipinski definition) is 2. The standard InChI is InChI=1S/C12H20NO4P/c1-3-16-18(15,17-4-2)12(14)10-13-11-8-6-5-7-9-11/h5-9,12-14H,3-4,10H2,1-2H3. The minimum atomic E-state index is -3.45. The van der Waals surface area contributed by atoms with Gasteiger partial charge in [0.25, 0.3) is 0 Å². The maximum absolute atomic E-state index is 12.2. The maximum Gasteiger partial charge on any atom is 0.360 e. The summed E-state index contributed by atoms with van der Waals surface area (Å²) in [6.45, 7) is 4.01. The number of rotatable bonds is 8. The largest absolute Gasteiger partial charge is 0.382 e. The molecule has 0 saturated carbocycles. The molecule has 0 heterocycles. The molecule has 0 amide bonds. The minimum absolute atomic E-state index is 0.112. The smallest absolute Gasteiger partial charge is 0.360 e. The normalized spacial score (nSPS) is 13.3. The van der Waals surface area contributed by atoms with Crippen LogP contribution in [0, 0.1) is 0 Å². The Kier molecular flexibility index (Phi) is 6.36. The summed E-state index contributed by atoms with van der Waals surface area (Å²) in [6, 6.07) is 9.36. The number of nitrogens with one attached hydrogen (secondary N) is 1. The van der Waals surface area contributed by atoms with Crippen LogP contribution in [0.4, 0.5) is 5.69 Å². The average Bonchev–Trinajstić information content (AvgIpc) is 2.37. The monoisotopic (exact) mass is 273 g/mol. The molecule has 0 bridgehead atoms. The third-order valence-electron chi connectivity index (χ3n) is 2.25. The highest BCUT2D eigenvalue weighted by Crippen LogP contribution is 2.51. The molecule has 1 aromatic carbocycles. The Balaban J connectivity index is 2.57. The zero-order valence-electron chi connectivity index (χ0n) is 10.7. The van der Waals surface area contributed by atoms with Crippen LogP contribution in [0.1, 0.15) is 13.8 Å². The molecule has 1 aromatic rings. The SMILES string of the molecule is CCOP(=O)(OCC)C(O)CNc1ccccc1. The predicted molar refractivity (Wildman–Crippen MR) is 71.8 cm³/mol. The van der Waals surface area contributed by atoms with Crippen LogP contribution in [0.2, 0.25) is 0 Å². The van der Waals surface area contributed by atoms with Crippen LogP contribution < -0.4 is 5.32 Å². The highest BCUT2D eigenvalue weighted by molar-refractivity contribution is 7.54. The van der Waals surface area contributed by atoms with E-state index in [0.29, 0.717) is 0 Å². The van der Waals surface area contributed by atoms with Gasteiger partial charge in [-0.3, -0.25) is 4.57 Å². The average molecular weight is 273 g/mol. The molecular formula is C12H20NO4P. The molecule has 0 radical (unpaired) electrons. The molecule has 0 spiro atoms. The van der Waals surface area contributed by atoms with Crippen molar-refractivity contribution in [2.24, 2.45) is 0 Å².